The average molecular weight is 239 g/mol. The fourth-order valence-electron chi connectivity index (χ4n) is 3.10. The van der Waals surface area contributed by atoms with Gasteiger partial charge < -0.3 is 10.1 Å². The van der Waals surface area contributed by atoms with Gasteiger partial charge in [-0.1, -0.05) is 26.2 Å². The topological polar surface area (TPSA) is 38.3 Å². The molecule has 0 amide bonds. The van der Waals surface area contributed by atoms with Gasteiger partial charge in [0.25, 0.3) is 0 Å². The van der Waals surface area contributed by atoms with E-state index in [1.165, 1.54) is 52.1 Å². The zero-order valence-corrected chi connectivity index (χ0v) is 11.1. The molecule has 2 fully saturated rings. The first-order chi connectivity index (χ1) is 8.26. The lowest BCUT2D eigenvalue weighted by atomic mass is 9.82. The molecule has 17 heavy (non-hydrogen) atoms. The monoisotopic (exact) mass is 239 g/mol. The van der Waals surface area contributed by atoms with Gasteiger partial charge in [0.05, 0.1) is 7.11 Å². The summed E-state index contributed by atoms with van der Waals surface area (Å²) in [5.41, 5.74) is 0. The summed E-state index contributed by atoms with van der Waals surface area (Å²) in [5.74, 6) is 1.21. The Balaban J connectivity index is 1.93. The van der Waals surface area contributed by atoms with E-state index in [-0.39, 0.29) is 12.0 Å². The van der Waals surface area contributed by atoms with E-state index in [1.54, 1.807) is 0 Å². The number of hydrogen-bond acceptors (Lipinski definition) is 3. The highest BCUT2D eigenvalue weighted by Crippen LogP contribution is 2.35. The van der Waals surface area contributed by atoms with Crippen LogP contribution in [0.2, 0.25) is 0 Å². The smallest absolute Gasteiger partial charge is 0.323 e. The van der Waals surface area contributed by atoms with Crippen LogP contribution in [0.15, 0.2) is 0 Å². The summed E-state index contributed by atoms with van der Waals surface area (Å²) < 4.78 is 4.92. The van der Waals surface area contributed by atoms with Crippen molar-refractivity contribution in [1.82, 2.24) is 5.32 Å². The Hall–Kier alpha value is -0.570. The van der Waals surface area contributed by atoms with Crippen LogP contribution >= 0.6 is 0 Å². The van der Waals surface area contributed by atoms with Crippen LogP contribution in [0.1, 0.15) is 51.9 Å². The van der Waals surface area contributed by atoms with E-state index in [9.17, 15) is 4.79 Å². The van der Waals surface area contributed by atoms with Crippen molar-refractivity contribution >= 4 is 5.97 Å². The highest BCUT2D eigenvalue weighted by atomic mass is 16.5. The molecule has 0 bridgehead atoms. The molecular formula is C14H25NO2. The molecule has 3 atom stereocenters. The maximum absolute atomic E-state index is 11.8. The largest absolute Gasteiger partial charge is 0.468 e. The van der Waals surface area contributed by atoms with Gasteiger partial charge in [0.15, 0.2) is 0 Å². The highest BCUT2D eigenvalue weighted by molar-refractivity contribution is 5.76. The maximum Gasteiger partial charge on any atom is 0.323 e. The van der Waals surface area contributed by atoms with Gasteiger partial charge >= 0.3 is 5.97 Å². The molecule has 0 radical (unpaired) electrons. The summed E-state index contributed by atoms with van der Waals surface area (Å²) in [5, 5.41) is 3.60. The molecular weight excluding hydrogens is 214 g/mol. The maximum atomic E-state index is 11.8. The minimum Gasteiger partial charge on any atom is -0.468 e. The first-order valence-corrected chi connectivity index (χ1v) is 7.10. The predicted octanol–water partition coefficient (Wildman–Crippen LogP) is 2.50. The van der Waals surface area contributed by atoms with E-state index in [2.05, 4.69) is 12.2 Å². The number of rotatable bonds is 5. The van der Waals surface area contributed by atoms with Gasteiger partial charge in [-0.05, 0) is 37.5 Å². The van der Waals surface area contributed by atoms with Crippen molar-refractivity contribution in [2.24, 2.45) is 11.8 Å². The third kappa shape index (κ3) is 3.21. The van der Waals surface area contributed by atoms with Crippen molar-refractivity contribution in [1.29, 1.82) is 0 Å². The summed E-state index contributed by atoms with van der Waals surface area (Å²) in [6, 6.07) is 0.482. The lowest BCUT2D eigenvalue weighted by Crippen LogP contribution is -2.49. The lowest BCUT2D eigenvalue weighted by Gasteiger charge is -2.34. The van der Waals surface area contributed by atoms with E-state index in [1.807, 2.05) is 0 Å². The third-order valence-corrected chi connectivity index (χ3v) is 4.38. The zero-order valence-electron chi connectivity index (χ0n) is 11.1. The Morgan fingerprint density at radius 2 is 2.00 bits per heavy atom. The highest BCUT2D eigenvalue weighted by Gasteiger charge is 2.39. The number of ether oxygens (including phenoxy) is 1. The molecule has 0 spiro atoms. The van der Waals surface area contributed by atoms with Crippen molar-refractivity contribution < 1.29 is 9.53 Å². The minimum atomic E-state index is -0.0621. The van der Waals surface area contributed by atoms with Gasteiger partial charge in [-0.25, -0.2) is 0 Å². The molecule has 1 N–H and O–H groups in total. The van der Waals surface area contributed by atoms with Gasteiger partial charge in [0.2, 0.25) is 0 Å². The van der Waals surface area contributed by atoms with Gasteiger partial charge in [-0.2, -0.15) is 0 Å². The molecule has 0 aromatic rings. The SMILES string of the molecule is CCC1CCCCC1NC(C(=O)OC)C1CC1. The molecule has 0 aromatic carbocycles. The Morgan fingerprint density at radius 3 is 2.59 bits per heavy atom. The van der Waals surface area contributed by atoms with Gasteiger partial charge in [0, 0.05) is 6.04 Å². The van der Waals surface area contributed by atoms with Crippen LogP contribution in [0.4, 0.5) is 0 Å². The predicted molar refractivity (Wildman–Crippen MR) is 67.7 cm³/mol. The van der Waals surface area contributed by atoms with Crippen molar-refractivity contribution in [2.75, 3.05) is 7.11 Å². The van der Waals surface area contributed by atoms with Crippen molar-refractivity contribution in [3.05, 3.63) is 0 Å². The van der Waals surface area contributed by atoms with E-state index in [4.69, 9.17) is 4.74 Å². The van der Waals surface area contributed by atoms with Gasteiger partial charge in [-0.15, -0.1) is 0 Å². The lowest BCUT2D eigenvalue weighted by molar-refractivity contribution is -0.144. The second kappa shape index (κ2) is 5.85. The number of methoxy groups -OCH3 is 1. The van der Waals surface area contributed by atoms with Crippen LogP contribution < -0.4 is 5.32 Å². The first kappa shape index (κ1) is 12.9. The molecule has 98 valence electrons. The molecule has 2 rings (SSSR count). The van der Waals surface area contributed by atoms with Crippen LogP contribution in [0.25, 0.3) is 0 Å². The Kier molecular flexibility index (Phi) is 4.43. The standard InChI is InChI=1S/C14H25NO2/c1-3-10-6-4-5-7-12(10)15-13(11-8-9-11)14(16)17-2/h10-13,15H,3-9H2,1-2H3. The zero-order chi connectivity index (χ0) is 12.3. The number of hydrogen-bond donors (Lipinski definition) is 1. The fraction of sp³-hybridized carbons (Fsp3) is 0.929. The molecule has 0 aliphatic heterocycles. The molecule has 2 aliphatic rings. The van der Waals surface area contributed by atoms with Gasteiger partial charge in [-0.3, -0.25) is 4.79 Å². The van der Waals surface area contributed by atoms with Gasteiger partial charge in [0.1, 0.15) is 6.04 Å². The Labute approximate surface area is 104 Å². The molecule has 3 heteroatoms. The summed E-state index contributed by atoms with van der Waals surface area (Å²) >= 11 is 0. The summed E-state index contributed by atoms with van der Waals surface area (Å²) in [4.78, 5) is 11.8. The van der Waals surface area contributed by atoms with Crippen LogP contribution in [0.5, 0.6) is 0 Å². The quantitative estimate of drug-likeness (QED) is 0.749. The summed E-state index contributed by atoms with van der Waals surface area (Å²) in [6.07, 6.45) is 8.75. The van der Waals surface area contributed by atoms with Crippen molar-refractivity contribution in [3.8, 4) is 0 Å². The molecule has 0 heterocycles. The summed E-state index contributed by atoms with van der Waals surface area (Å²) in [6.45, 7) is 2.26. The van der Waals surface area contributed by atoms with E-state index in [0.717, 1.165) is 5.92 Å². The molecule has 0 saturated heterocycles. The van der Waals surface area contributed by atoms with E-state index < -0.39 is 0 Å². The molecule has 2 saturated carbocycles. The normalized spacial score (nSPS) is 30.9. The third-order valence-electron chi connectivity index (χ3n) is 4.38. The fourth-order valence-corrected chi connectivity index (χ4v) is 3.10. The molecule has 2 aliphatic carbocycles. The van der Waals surface area contributed by atoms with Crippen molar-refractivity contribution in [3.63, 3.8) is 0 Å². The second-order valence-corrected chi connectivity index (χ2v) is 5.56. The first-order valence-electron chi connectivity index (χ1n) is 7.10. The molecule has 3 nitrogen and oxygen atoms in total. The molecule has 3 unspecified atom stereocenters. The number of carbonyl (C=O) groups excluding carboxylic acids is 1. The summed E-state index contributed by atoms with van der Waals surface area (Å²) in [7, 11) is 1.50. The van der Waals surface area contributed by atoms with Crippen LogP contribution in [0.3, 0.4) is 0 Å². The number of nitrogens with one attached hydrogen (secondary N) is 1. The molecule has 0 aromatic heterocycles. The van der Waals surface area contributed by atoms with Crippen LogP contribution in [0, 0.1) is 11.8 Å². The van der Waals surface area contributed by atoms with Crippen molar-refractivity contribution in [2.45, 2.75) is 64.0 Å². The van der Waals surface area contributed by atoms with E-state index in [0.29, 0.717) is 12.0 Å². The second-order valence-electron chi connectivity index (χ2n) is 5.56. The average Bonchev–Trinajstić information content (AvgIpc) is 3.19. The van der Waals surface area contributed by atoms with E-state index >= 15 is 0 Å². The Bertz CT molecular complexity index is 263. The van der Waals surface area contributed by atoms with Crippen LogP contribution in [-0.4, -0.2) is 25.2 Å². The minimum absolute atomic E-state index is 0.0443. The number of carbonyl (C=O) groups is 1. The van der Waals surface area contributed by atoms with Crippen LogP contribution in [-0.2, 0) is 9.53 Å². The Morgan fingerprint density at radius 1 is 1.29 bits per heavy atom. The number of esters is 1.